The van der Waals surface area contributed by atoms with Crippen molar-refractivity contribution in [1.29, 1.82) is 0 Å². The Morgan fingerprint density at radius 3 is 2.59 bits per heavy atom. The number of carbonyl (C=O) groups excluding carboxylic acids is 4. The summed E-state index contributed by atoms with van der Waals surface area (Å²) < 4.78 is 28.8. The van der Waals surface area contributed by atoms with Crippen molar-refractivity contribution in [2.24, 2.45) is 28.6 Å². The highest BCUT2D eigenvalue weighted by molar-refractivity contribution is 5.89. The molecule has 2 aliphatic heterocycles. The second-order valence-electron chi connectivity index (χ2n) is 11.8. The summed E-state index contributed by atoms with van der Waals surface area (Å²) in [5, 5.41) is 0. The smallest absolute Gasteiger partial charge is 0.333 e. The third-order valence-corrected chi connectivity index (χ3v) is 9.50. The van der Waals surface area contributed by atoms with E-state index in [4.69, 9.17) is 23.4 Å². The van der Waals surface area contributed by atoms with E-state index in [9.17, 15) is 19.2 Å². The zero-order valence-electron chi connectivity index (χ0n) is 23.1. The van der Waals surface area contributed by atoms with Crippen molar-refractivity contribution in [3.8, 4) is 0 Å². The van der Waals surface area contributed by atoms with E-state index >= 15 is 0 Å². The first kappa shape index (κ1) is 27.2. The maximum atomic E-state index is 13.9. The second kappa shape index (κ2) is 9.99. The number of fused-ring (bicyclic) bond motifs is 1. The number of hydrogen-bond acceptors (Lipinski definition) is 9. The molecular weight excluding hydrogens is 504 g/mol. The fraction of sp³-hybridized carbons (Fsp3) is 0.600. The molecule has 8 atom stereocenters. The van der Waals surface area contributed by atoms with Gasteiger partial charge in [-0.1, -0.05) is 18.6 Å². The molecule has 2 saturated heterocycles. The lowest BCUT2D eigenvalue weighted by Crippen LogP contribution is -2.64. The van der Waals surface area contributed by atoms with Crippen molar-refractivity contribution in [3.05, 3.63) is 47.5 Å². The number of cyclic esters (lactones) is 2. The molecule has 1 aromatic heterocycles. The molecular formula is C30H36O9. The lowest BCUT2D eigenvalue weighted by molar-refractivity contribution is -0.210. The van der Waals surface area contributed by atoms with Gasteiger partial charge in [-0.3, -0.25) is 9.59 Å². The summed E-state index contributed by atoms with van der Waals surface area (Å²) in [6, 6.07) is 1.79. The van der Waals surface area contributed by atoms with Crippen molar-refractivity contribution in [1.82, 2.24) is 0 Å². The summed E-state index contributed by atoms with van der Waals surface area (Å²) in [5.41, 5.74) is 0.208. The fourth-order valence-electron chi connectivity index (χ4n) is 7.44. The lowest BCUT2D eigenvalue weighted by Gasteiger charge is -2.58. The number of furan rings is 1. The highest BCUT2D eigenvalue weighted by Crippen LogP contribution is 2.68. The molecule has 9 heteroatoms. The molecule has 2 spiro atoms. The molecule has 0 aromatic carbocycles. The van der Waals surface area contributed by atoms with Gasteiger partial charge in [0.2, 0.25) is 0 Å². The molecule has 8 unspecified atom stereocenters. The first-order valence-electron chi connectivity index (χ1n) is 13.6. The van der Waals surface area contributed by atoms with Gasteiger partial charge in [-0.15, -0.1) is 0 Å². The topological polar surface area (TPSA) is 118 Å². The molecule has 210 valence electrons. The molecule has 5 rings (SSSR count). The van der Waals surface area contributed by atoms with E-state index in [-0.39, 0.29) is 24.9 Å². The first-order valence-corrected chi connectivity index (χ1v) is 13.6. The normalized spacial score (nSPS) is 37.4. The molecule has 4 aliphatic rings. The largest absolute Gasteiger partial charge is 0.472 e. The van der Waals surface area contributed by atoms with E-state index in [1.165, 1.54) is 6.08 Å². The van der Waals surface area contributed by atoms with E-state index in [1.807, 2.05) is 6.92 Å². The third-order valence-electron chi connectivity index (χ3n) is 9.50. The Morgan fingerprint density at radius 2 is 1.92 bits per heavy atom. The summed E-state index contributed by atoms with van der Waals surface area (Å²) in [5.74, 6) is -3.31. The molecule has 2 aliphatic carbocycles. The predicted octanol–water partition coefficient (Wildman–Crippen LogP) is 4.62. The minimum Gasteiger partial charge on any atom is -0.472 e. The van der Waals surface area contributed by atoms with Gasteiger partial charge in [-0.2, -0.15) is 0 Å². The van der Waals surface area contributed by atoms with Crippen molar-refractivity contribution >= 4 is 23.9 Å². The summed E-state index contributed by atoms with van der Waals surface area (Å²) in [6.45, 7) is 9.06. The summed E-state index contributed by atoms with van der Waals surface area (Å²) >= 11 is 0. The van der Waals surface area contributed by atoms with Crippen LogP contribution < -0.4 is 0 Å². The first-order chi connectivity index (χ1) is 18.5. The van der Waals surface area contributed by atoms with Gasteiger partial charge >= 0.3 is 23.9 Å². The summed E-state index contributed by atoms with van der Waals surface area (Å²) in [6.07, 6.45) is 5.59. The minimum atomic E-state index is -1.04. The van der Waals surface area contributed by atoms with E-state index in [2.05, 4.69) is 0 Å². The van der Waals surface area contributed by atoms with Crippen molar-refractivity contribution < 1.29 is 42.5 Å². The zero-order chi connectivity index (χ0) is 28.1. The van der Waals surface area contributed by atoms with E-state index in [1.54, 1.807) is 52.4 Å². The molecule has 0 radical (unpaired) electrons. The van der Waals surface area contributed by atoms with E-state index in [0.717, 1.165) is 11.1 Å². The van der Waals surface area contributed by atoms with Gasteiger partial charge in [0.25, 0.3) is 0 Å². The molecule has 4 fully saturated rings. The second-order valence-corrected chi connectivity index (χ2v) is 11.8. The van der Waals surface area contributed by atoms with Crippen molar-refractivity contribution in [2.75, 3.05) is 6.61 Å². The van der Waals surface area contributed by atoms with Gasteiger partial charge in [-0.05, 0) is 64.9 Å². The van der Waals surface area contributed by atoms with Gasteiger partial charge in [0.15, 0.2) is 6.10 Å². The fourth-order valence-corrected chi connectivity index (χ4v) is 7.44. The molecule has 39 heavy (non-hydrogen) atoms. The van der Waals surface area contributed by atoms with E-state index < -0.39 is 58.9 Å². The van der Waals surface area contributed by atoms with Gasteiger partial charge in [0.05, 0.1) is 24.5 Å². The third kappa shape index (κ3) is 4.30. The highest BCUT2D eigenvalue weighted by Gasteiger charge is 2.74. The van der Waals surface area contributed by atoms with Crippen LogP contribution in [0.25, 0.3) is 0 Å². The Morgan fingerprint density at radius 1 is 1.15 bits per heavy atom. The van der Waals surface area contributed by atoms with Crippen LogP contribution in [0.15, 0.2) is 46.3 Å². The van der Waals surface area contributed by atoms with Gasteiger partial charge in [0.1, 0.15) is 18.1 Å². The van der Waals surface area contributed by atoms with Crippen molar-refractivity contribution in [2.45, 2.75) is 78.6 Å². The van der Waals surface area contributed by atoms with Crippen LogP contribution >= 0.6 is 0 Å². The standard InChI is InChI=1S/C30H36O9/c1-6-17(4)26(32)39-25-20(37-23(31)11-16(2)3)12-22-29(15-36-27(33)24(25)29)9-7-18(5)30(22)13-21(38-28(30)34)19-8-10-35-14-19/h6,8,10-11,14,18,20-22,24-25H,7,9,12-13,15H2,1-5H3. The molecule has 2 saturated carbocycles. The Labute approximate surface area is 227 Å². The van der Waals surface area contributed by atoms with Crippen LogP contribution in [0.5, 0.6) is 0 Å². The maximum absolute atomic E-state index is 13.9. The van der Waals surface area contributed by atoms with E-state index in [0.29, 0.717) is 24.8 Å². The Bertz CT molecular complexity index is 1220. The molecule has 0 bridgehead atoms. The van der Waals surface area contributed by atoms with Crippen LogP contribution in [0, 0.1) is 28.6 Å². The zero-order valence-corrected chi connectivity index (χ0v) is 23.1. The van der Waals surface area contributed by atoms with Crippen LogP contribution in [-0.2, 0) is 38.1 Å². The van der Waals surface area contributed by atoms with Crippen LogP contribution in [-0.4, -0.2) is 42.7 Å². The Hall–Kier alpha value is -3.36. The van der Waals surface area contributed by atoms with Crippen LogP contribution in [0.4, 0.5) is 0 Å². The van der Waals surface area contributed by atoms with Crippen LogP contribution in [0.2, 0.25) is 0 Å². The number of hydrogen-bond donors (Lipinski definition) is 0. The van der Waals surface area contributed by atoms with Crippen LogP contribution in [0.1, 0.15) is 72.0 Å². The molecule has 0 amide bonds. The number of esters is 4. The summed E-state index contributed by atoms with van der Waals surface area (Å²) in [4.78, 5) is 53.1. The van der Waals surface area contributed by atoms with Crippen LogP contribution in [0.3, 0.4) is 0 Å². The average Bonchev–Trinajstić information content (AvgIpc) is 3.61. The number of rotatable bonds is 5. The Balaban J connectivity index is 1.59. The monoisotopic (exact) mass is 540 g/mol. The minimum absolute atomic E-state index is 0.0487. The number of ether oxygens (including phenoxy) is 4. The molecule has 9 nitrogen and oxygen atoms in total. The van der Waals surface area contributed by atoms with Gasteiger partial charge < -0.3 is 23.4 Å². The van der Waals surface area contributed by atoms with Crippen molar-refractivity contribution in [3.63, 3.8) is 0 Å². The number of carbonyl (C=O) groups is 4. The van der Waals surface area contributed by atoms with Gasteiger partial charge in [-0.25, -0.2) is 9.59 Å². The lowest BCUT2D eigenvalue weighted by atomic mass is 9.43. The highest BCUT2D eigenvalue weighted by atomic mass is 16.6. The quantitative estimate of drug-likeness (QED) is 0.299. The maximum Gasteiger partial charge on any atom is 0.333 e. The average molecular weight is 541 g/mol. The molecule has 1 aromatic rings. The predicted molar refractivity (Wildman–Crippen MR) is 137 cm³/mol. The van der Waals surface area contributed by atoms with Gasteiger partial charge in [0, 0.05) is 29.0 Å². The Kier molecular flexibility index (Phi) is 6.97. The number of allylic oxidation sites excluding steroid dienone is 2. The molecule has 3 heterocycles. The SMILES string of the molecule is CC=C(C)C(=O)OC1C(OC(=O)C=C(C)C)CC2C3(CCC(C)C24CC(c2ccoc2)OC4=O)COC(=O)C13. The summed E-state index contributed by atoms with van der Waals surface area (Å²) in [7, 11) is 0. The molecule has 0 N–H and O–H groups in total.